The predicted molar refractivity (Wildman–Crippen MR) is 82.4 cm³/mol. The molecule has 0 bridgehead atoms. The van der Waals surface area contributed by atoms with Gasteiger partial charge in [-0.15, -0.1) is 0 Å². The van der Waals surface area contributed by atoms with Crippen molar-refractivity contribution in [1.29, 1.82) is 0 Å². The van der Waals surface area contributed by atoms with Crippen molar-refractivity contribution in [3.05, 3.63) is 53.6 Å². The largest absolute Gasteiger partial charge is 0.490 e. The van der Waals surface area contributed by atoms with Crippen LogP contribution < -0.4 is 15.2 Å². The van der Waals surface area contributed by atoms with Gasteiger partial charge in [-0.25, -0.2) is 0 Å². The summed E-state index contributed by atoms with van der Waals surface area (Å²) in [5, 5.41) is 0. The fraction of sp³-hybridized carbons (Fsp3) is 0.294. The monoisotopic (exact) mass is 271 g/mol. The second kappa shape index (κ2) is 6.85. The lowest BCUT2D eigenvalue weighted by molar-refractivity contribution is 0.216. The molecule has 0 aliphatic carbocycles. The average molecular weight is 271 g/mol. The van der Waals surface area contributed by atoms with E-state index in [0.717, 1.165) is 29.2 Å². The molecule has 0 fully saturated rings. The van der Waals surface area contributed by atoms with E-state index in [4.69, 9.17) is 15.2 Å². The lowest BCUT2D eigenvalue weighted by atomic mass is 10.1. The van der Waals surface area contributed by atoms with Gasteiger partial charge < -0.3 is 15.2 Å². The summed E-state index contributed by atoms with van der Waals surface area (Å²) in [7, 11) is 0. The number of ether oxygens (including phenoxy) is 2. The van der Waals surface area contributed by atoms with E-state index in [1.165, 1.54) is 5.56 Å². The molecule has 0 saturated carbocycles. The summed E-state index contributed by atoms with van der Waals surface area (Å²) < 4.78 is 11.4. The third-order valence-electron chi connectivity index (χ3n) is 3.20. The molecule has 3 heteroatoms. The molecule has 20 heavy (non-hydrogen) atoms. The molecule has 0 amide bonds. The highest BCUT2D eigenvalue weighted by atomic mass is 16.5. The Morgan fingerprint density at radius 2 is 1.75 bits per heavy atom. The van der Waals surface area contributed by atoms with Gasteiger partial charge in [-0.2, -0.15) is 0 Å². The van der Waals surface area contributed by atoms with Gasteiger partial charge >= 0.3 is 0 Å². The van der Waals surface area contributed by atoms with Crippen molar-refractivity contribution < 1.29 is 9.47 Å². The van der Waals surface area contributed by atoms with E-state index >= 15 is 0 Å². The highest BCUT2D eigenvalue weighted by Gasteiger charge is 2.01. The molecule has 2 aromatic carbocycles. The minimum atomic E-state index is 0.515. The smallest absolute Gasteiger partial charge is 0.122 e. The van der Waals surface area contributed by atoms with Crippen LogP contribution in [-0.2, 0) is 6.42 Å². The van der Waals surface area contributed by atoms with Crippen LogP contribution in [-0.4, -0.2) is 13.2 Å². The third-order valence-corrected chi connectivity index (χ3v) is 3.20. The molecule has 0 aliphatic rings. The van der Waals surface area contributed by atoms with Crippen LogP contribution in [0.25, 0.3) is 0 Å². The summed E-state index contributed by atoms with van der Waals surface area (Å²) in [6.07, 6.45) is 0.966. The van der Waals surface area contributed by atoms with Gasteiger partial charge in [-0.3, -0.25) is 0 Å². The first kappa shape index (κ1) is 14.3. The Morgan fingerprint density at radius 1 is 1.00 bits per heavy atom. The zero-order chi connectivity index (χ0) is 14.4. The van der Waals surface area contributed by atoms with E-state index in [9.17, 15) is 0 Å². The topological polar surface area (TPSA) is 44.5 Å². The SMILES string of the molecule is CCc1ccccc1OCCOc1ccc(N)c(C)c1. The number of aryl methyl sites for hydroxylation is 2. The summed E-state index contributed by atoms with van der Waals surface area (Å²) in [5.41, 5.74) is 8.80. The maximum Gasteiger partial charge on any atom is 0.122 e. The number of hydrogen-bond acceptors (Lipinski definition) is 3. The highest BCUT2D eigenvalue weighted by molar-refractivity contribution is 5.49. The summed E-state index contributed by atoms with van der Waals surface area (Å²) in [4.78, 5) is 0. The number of rotatable bonds is 6. The van der Waals surface area contributed by atoms with E-state index in [-0.39, 0.29) is 0 Å². The summed E-state index contributed by atoms with van der Waals surface area (Å²) in [6, 6.07) is 13.8. The number of benzene rings is 2. The van der Waals surface area contributed by atoms with Crippen molar-refractivity contribution in [2.24, 2.45) is 0 Å². The van der Waals surface area contributed by atoms with Crippen LogP contribution in [0.3, 0.4) is 0 Å². The fourth-order valence-electron chi connectivity index (χ4n) is 1.99. The molecule has 0 spiro atoms. The Labute approximate surface area is 120 Å². The van der Waals surface area contributed by atoms with Gasteiger partial charge in [0.2, 0.25) is 0 Å². The van der Waals surface area contributed by atoms with Crippen molar-refractivity contribution in [2.45, 2.75) is 20.3 Å². The quantitative estimate of drug-likeness (QED) is 0.645. The standard InChI is InChI=1S/C17H21NO2/c1-3-14-6-4-5-7-17(14)20-11-10-19-15-8-9-16(18)13(2)12-15/h4-9,12H,3,10-11,18H2,1-2H3. The minimum Gasteiger partial charge on any atom is -0.490 e. The van der Waals surface area contributed by atoms with E-state index in [1.54, 1.807) is 0 Å². The molecule has 3 nitrogen and oxygen atoms in total. The summed E-state index contributed by atoms with van der Waals surface area (Å²) in [6.45, 7) is 5.13. The molecule has 2 aromatic rings. The van der Waals surface area contributed by atoms with Crippen molar-refractivity contribution in [3.8, 4) is 11.5 Å². The van der Waals surface area contributed by atoms with Crippen molar-refractivity contribution in [2.75, 3.05) is 18.9 Å². The lowest BCUT2D eigenvalue weighted by Gasteiger charge is -2.11. The molecular weight excluding hydrogens is 250 g/mol. The molecule has 2 rings (SSSR count). The Bertz CT molecular complexity index is 567. The number of hydrogen-bond donors (Lipinski definition) is 1. The molecule has 0 aromatic heterocycles. The molecule has 106 valence electrons. The average Bonchev–Trinajstić information content (AvgIpc) is 2.47. The zero-order valence-electron chi connectivity index (χ0n) is 12.1. The van der Waals surface area contributed by atoms with Gasteiger partial charge in [-0.05, 0) is 48.7 Å². The van der Waals surface area contributed by atoms with Crippen LogP contribution in [0.4, 0.5) is 5.69 Å². The minimum absolute atomic E-state index is 0.515. The van der Waals surface area contributed by atoms with E-state index in [2.05, 4.69) is 13.0 Å². The number of anilines is 1. The van der Waals surface area contributed by atoms with Gasteiger partial charge in [-0.1, -0.05) is 25.1 Å². The lowest BCUT2D eigenvalue weighted by Crippen LogP contribution is -2.10. The van der Waals surface area contributed by atoms with Gasteiger partial charge in [0.25, 0.3) is 0 Å². The number of nitrogens with two attached hydrogens (primary N) is 1. The van der Waals surface area contributed by atoms with Crippen molar-refractivity contribution in [1.82, 2.24) is 0 Å². The molecule has 0 heterocycles. The van der Waals surface area contributed by atoms with E-state index in [0.29, 0.717) is 13.2 Å². The third kappa shape index (κ3) is 3.67. The summed E-state index contributed by atoms with van der Waals surface area (Å²) in [5.74, 6) is 1.76. The van der Waals surface area contributed by atoms with Crippen molar-refractivity contribution in [3.63, 3.8) is 0 Å². The normalized spacial score (nSPS) is 10.3. The van der Waals surface area contributed by atoms with Crippen LogP contribution in [0.15, 0.2) is 42.5 Å². The molecule has 0 unspecified atom stereocenters. The molecule has 0 radical (unpaired) electrons. The van der Waals surface area contributed by atoms with Crippen LogP contribution in [0.2, 0.25) is 0 Å². The van der Waals surface area contributed by atoms with Crippen LogP contribution in [0.5, 0.6) is 11.5 Å². The second-order valence-electron chi connectivity index (χ2n) is 4.68. The Morgan fingerprint density at radius 3 is 2.50 bits per heavy atom. The van der Waals surface area contributed by atoms with E-state index in [1.807, 2.05) is 43.3 Å². The first-order valence-electron chi connectivity index (χ1n) is 6.90. The second-order valence-corrected chi connectivity index (χ2v) is 4.68. The maximum atomic E-state index is 5.77. The molecule has 0 saturated heterocycles. The molecular formula is C17H21NO2. The van der Waals surface area contributed by atoms with Crippen LogP contribution >= 0.6 is 0 Å². The Hall–Kier alpha value is -2.16. The number of para-hydroxylation sites is 1. The Kier molecular flexibility index (Phi) is 4.88. The van der Waals surface area contributed by atoms with E-state index < -0.39 is 0 Å². The molecule has 0 atom stereocenters. The molecule has 2 N–H and O–H groups in total. The first-order valence-corrected chi connectivity index (χ1v) is 6.90. The van der Waals surface area contributed by atoms with Gasteiger partial charge in [0, 0.05) is 5.69 Å². The number of nitrogen functional groups attached to an aromatic ring is 1. The Balaban J connectivity index is 1.83. The summed E-state index contributed by atoms with van der Waals surface area (Å²) >= 11 is 0. The van der Waals surface area contributed by atoms with Gasteiger partial charge in [0.15, 0.2) is 0 Å². The molecule has 0 aliphatic heterocycles. The maximum absolute atomic E-state index is 5.77. The van der Waals surface area contributed by atoms with Crippen LogP contribution in [0.1, 0.15) is 18.1 Å². The van der Waals surface area contributed by atoms with Gasteiger partial charge in [0.05, 0.1) is 0 Å². The highest BCUT2D eigenvalue weighted by Crippen LogP contribution is 2.20. The zero-order valence-corrected chi connectivity index (χ0v) is 12.1. The van der Waals surface area contributed by atoms with Crippen molar-refractivity contribution >= 4 is 5.69 Å². The first-order chi connectivity index (χ1) is 9.70. The van der Waals surface area contributed by atoms with Gasteiger partial charge in [0.1, 0.15) is 24.7 Å². The van der Waals surface area contributed by atoms with Crippen LogP contribution in [0, 0.1) is 6.92 Å². The fourth-order valence-corrected chi connectivity index (χ4v) is 1.99. The predicted octanol–water partition coefficient (Wildman–Crippen LogP) is 3.60.